The van der Waals surface area contributed by atoms with Crippen molar-refractivity contribution >= 4 is 5.84 Å². The lowest BCUT2D eigenvalue weighted by Crippen LogP contribution is -2.19. The van der Waals surface area contributed by atoms with Gasteiger partial charge in [-0.2, -0.15) is 0 Å². The Hall–Kier alpha value is -2.36. The van der Waals surface area contributed by atoms with Crippen molar-refractivity contribution in [3.8, 4) is 5.75 Å². The van der Waals surface area contributed by atoms with E-state index in [0.717, 1.165) is 35.8 Å². The fraction of sp³-hybridized carbons (Fsp3) is 0.200. The number of nitrogens with zero attached hydrogens (tertiary/aromatic N) is 2. The number of hydrogen-bond acceptors (Lipinski definition) is 4. The maximum atomic E-state index is 5.78. The molecule has 3 rings (SSSR count). The monoisotopic (exact) mass is 253 g/mol. The van der Waals surface area contributed by atoms with Gasteiger partial charge in [0.25, 0.3) is 0 Å². The summed E-state index contributed by atoms with van der Waals surface area (Å²) in [5, 5.41) is 3.26. The van der Waals surface area contributed by atoms with Crippen molar-refractivity contribution in [2.45, 2.75) is 6.61 Å². The van der Waals surface area contributed by atoms with E-state index in [0.29, 0.717) is 6.61 Å². The molecule has 0 fully saturated rings. The number of pyridine rings is 1. The van der Waals surface area contributed by atoms with Gasteiger partial charge in [0.2, 0.25) is 0 Å². The van der Waals surface area contributed by atoms with E-state index in [9.17, 15) is 0 Å². The highest BCUT2D eigenvalue weighted by Crippen LogP contribution is 2.16. The number of benzene rings is 1. The normalized spacial score (nSPS) is 13.8. The Bertz CT molecular complexity index is 581. The van der Waals surface area contributed by atoms with Gasteiger partial charge in [0, 0.05) is 24.5 Å². The third-order valence-electron chi connectivity index (χ3n) is 2.94. The predicted octanol–water partition coefficient (Wildman–Crippen LogP) is 2.01. The second kappa shape index (κ2) is 5.52. The van der Waals surface area contributed by atoms with Gasteiger partial charge in [-0.1, -0.05) is 12.1 Å². The van der Waals surface area contributed by atoms with Crippen LogP contribution in [0.2, 0.25) is 0 Å². The summed E-state index contributed by atoms with van der Waals surface area (Å²) in [6, 6.07) is 11.9. The summed E-state index contributed by atoms with van der Waals surface area (Å²) in [4.78, 5) is 8.39. The summed E-state index contributed by atoms with van der Waals surface area (Å²) in [5.41, 5.74) is 2.18. The topological polar surface area (TPSA) is 46.5 Å². The number of ether oxygens (including phenoxy) is 1. The maximum Gasteiger partial charge on any atom is 0.128 e. The third-order valence-corrected chi connectivity index (χ3v) is 2.94. The highest BCUT2D eigenvalue weighted by Gasteiger charge is 2.08. The van der Waals surface area contributed by atoms with Gasteiger partial charge in [-0.15, -0.1) is 0 Å². The summed E-state index contributed by atoms with van der Waals surface area (Å²) in [5.74, 6) is 1.81. The molecule has 0 saturated carbocycles. The van der Waals surface area contributed by atoms with Crippen LogP contribution in [0.25, 0.3) is 0 Å². The highest BCUT2D eigenvalue weighted by atomic mass is 16.5. The van der Waals surface area contributed by atoms with Crippen molar-refractivity contribution in [1.29, 1.82) is 0 Å². The molecular formula is C15H15N3O. The van der Waals surface area contributed by atoms with Crippen LogP contribution in [0.15, 0.2) is 53.8 Å². The minimum atomic E-state index is 0.547. The molecular weight excluding hydrogens is 238 g/mol. The van der Waals surface area contributed by atoms with Crippen molar-refractivity contribution in [2.24, 2.45) is 4.99 Å². The molecule has 2 aromatic rings. The minimum absolute atomic E-state index is 0.547. The Kier molecular flexibility index (Phi) is 3.40. The van der Waals surface area contributed by atoms with E-state index in [4.69, 9.17) is 4.74 Å². The molecule has 1 aliphatic rings. The van der Waals surface area contributed by atoms with Gasteiger partial charge in [0.15, 0.2) is 0 Å². The van der Waals surface area contributed by atoms with Gasteiger partial charge < -0.3 is 10.1 Å². The van der Waals surface area contributed by atoms with Gasteiger partial charge >= 0.3 is 0 Å². The van der Waals surface area contributed by atoms with E-state index in [2.05, 4.69) is 15.3 Å². The lowest BCUT2D eigenvalue weighted by molar-refractivity contribution is 0.306. The molecule has 0 spiro atoms. The number of nitrogens with one attached hydrogen (secondary N) is 1. The first-order valence-corrected chi connectivity index (χ1v) is 6.32. The van der Waals surface area contributed by atoms with Crippen molar-refractivity contribution in [3.63, 3.8) is 0 Å². The minimum Gasteiger partial charge on any atom is -0.489 e. The number of aliphatic imine (C=N–C) groups is 1. The first-order chi connectivity index (χ1) is 9.42. The van der Waals surface area contributed by atoms with Crippen LogP contribution in [-0.2, 0) is 6.61 Å². The zero-order valence-electron chi connectivity index (χ0n) is 10.5. The van der Waals surface area contributed by atoms with Crippen molar-refractivity contribution in [3.05, 3.63) is 59.9 Å². The molecule has 0 bridgehead atoms. The van der Waals surface area contributed by atoms with E-state index in [1.54, 1.807) is 12.4 Å². The van der Waals surface area contributed by atoms with Crippen LogP contribution in [0, 0.1) is 0 Å². The van der Waals surface area contributed by atoms with Gasteiger partial charge in [-0.05, 0) is 29.8 Å². The molecule has 4 nitrogen and oxygen atoms in total. The first-order valence-electron chi connectivity index (χ1n) is 6.32. The summed E-state index contributed by atoms with van der Waals surface area (Å²) in [6.07, 6.45) is 3.54. The van der Waals surface area contributed by atoms with Gasteiger partial charge in [0.05, 0.1) is 6.54 Å². The molecule has 0 radical (unpaired) electrons. The quantitative estimate of drug-likeness (QED) is 0.906. The molecule has 0 saturated heterocycles. The zero-order valence-corrected chi connectivity index (χ0v) is 10.5. The van der Waals surface area contributed by atoms with E-state index in [1.807, 2.05) is 36.4 Å². The molecule has 0 amide bonds. The first kappa shape index (κ1) is 11.7. The summed E-state index contributed by atoms with van der Waals surface area (Å²) >= 11 is 0. The van der Waals surface area contributed by atoms with E-state index in [-0.39, 0.29) is 0 Å². The summed E-state index contributed by atoms with van der Waals surface area (Å²) in [6.45, 7) is 2.31. The SMILES string of the molecule is c1cc(OCc2ccncc2)cc(C2=NCCN2)c1. The molecule has 1 aromatic heterocycles. The molecule has 4 heteroatoms. The molecule has 2 heterocycles. The van der Waals surface area contributed by atoms with E-state index >= 15 is 0 Å². The summed E-state index contributed by atoms with van der Waals surface area (Å²) in [7, 11) is 0. The van der Waals surface area contributed by atoms with Gasteiger partial charge in [-0.25, -0.2) is 0 Å². The lowest BCUT2D eigenvalue weighted by Gasteiger charge is -2.08. The Balaban J connectivity index is 1.70. The average Bonchev–Trinajstić information content (AvgIpc) is 3.01. The molecule has 19 heavy (non-hydrogen) atoms. The van der Waals surface area contributed by atoms with Crippen molar-refractivity contribution in [1.82, 2.24) is 10.3 Å². The van der Waals surface area contributed by atoms with Crippen LogP contribution in [0.5, 0.6) is 5.75 Å². The lowest BCUT2D eigenvalue weighted by atomic mass is 10.2. The number of hydrogen-bond donors (Lipinski definition) is 1. The Labute approximate surface area is 112 Å². The highest BCUT2D eigenvalue weighted by molar-refractivity contribution is 6.00. The van der Waals surface area contributed by atoms with Crippen LogP contribution < -0.4 is 10.1 Å². The van der Waals surface area contributed by atoms with Crippen molar-refractivity contribution in [2.75, 3.05) is 13.1 Å². The molecule has 0 atom stereocenters. The predicted molar refractivity (Wildman–Crippen MR) is 74.4 cm³/mol. The summed E-state index contributed by atoms with van der Waals surface area (Å²) < 4.78 is 5.78. The fourth-order valence-corrected chi connectivity index (χ4v) is 1.97. The molecule has 96 valence electrons. The smallest absolute Gasteiger partial charge is 0.128 e. The molecule has 1 aromatic carbocycles. The molecule has 0 aliphatic carbocycles. The number of rotatable bonds is 4. The molecule has 0 unspecified atom stereocenters. The second-order valence-corrected chi connectivity index (χ2v) is 4.33. The zero-order chi connectivity index (χ0) is 12.9. The molecule has 1 aliphatic heterocycles. The van der Waals surface area contributed by atoms with Crippen LogP contribution in [-0.4, -0.2) is 23.9 Å². The number of amidine groups is 1. The van der Waals surface area contributed by atoms with Gasteiger partial charge in [-0.3, -0.25) is 9.98 Å². The second-order valence-electron chi connectivity index (χ2n) is 4.33. The Morgan fingerprint density at radius 2 is 2.05 bits per heavy atom. The Morgan fingerprint density at radius 1 is 1.16 bits per heavy atom. The van der Waals surface area contributed by atoms with E-state index < -0.39 is 0 Å². The average molecular weight is 253 g/mol. The van der Waals surface area contributed by atoms with Crippen LogP contribution in [0.3, 0.4) is 0 Å². The van der Waals surface area contributed by atoms with Crippen LogP contribution in [0.1, 0.15) is 11.1 Å². The fourth-order valence-electron chi connectivity index (χ4n) is 1.97. The van der Waals surface area contributed by atoms with Gasteiger partial charge in [0.1, 0.15) is 18.2 Å². The third kappa shape index (κ3) is 2.91. The van der Waals surface area contributed by atoms with E-state index in [1.165, 1.54) is 0 Å². The molecule has 1 N–H and O–H groups in total. The Morgan fingerprint density at radius 3 is 2.84 bits per heavy atom. The van der Waals surface area contributed by atoms with Crippen LogP contribution in [0.4, 0.5) is 0 Å². The standard InChI is InChI=1S/C15H15N3O/c1-2-13(15-17-8-9-18-15)10-14(3-1)19-11-12-4-6-16-7-5-12/h1-7,10H,8-9,11H2,(H,17,18). The largest absolute Gasteiger partial charge is 0.489 e. The maximum absolute atomic E-state index is 5.78. The van der Waals surface area contributed by atoms with Crippen LogP contribution >= 0.6 is 0 Å². The van der Waals surface area contributed by atoms with Crippen molar-refractivity contribution < 1.29 is 4.74 Å². The number of aromatic nitrogens is 1.